The van der Waals surface area contributed by atoms with Crippen molar-refractivity contribution >= 4 is 38.4 Å². The summed E-state index contributed by atoms with van der Waals surface area (Å²) in [6.07, 6.45) is 2.81. The van der Waals surface area contributed by atoms with E-state index in [0.717, 1.165) is 6.07 Å². The maximum atomic E-state index is 11.7. The summed E-state index contributed by atoms with van der Waals surface area (Å²) in [5, 5.41) is 12.5. The van der Waals surface area contributed by atoms with Gasteiger partial charge >= 0.3 is 0 Å². The summed E-state index contributed by atoms with van der Waals surface area (Å²) < 4.78 is 2.75. The van der Waals surface area contributed by atoms with Crippen LogP contribution in [0.2, 0.25) is 5.02 Å². The van der Waals surface area contributed by atoms with Crippen LogP contribution in [0, 0.1) is 15.0 Å². The van der Waals surface area contributed by atoms with Crippen molar-refractivity contribution in [2.45, 2.75) is 0 Å². The van der Waals surface area contributed by atoms with Crippen LogP contribution < -0.4 is 5.32 Å². The van der Waals surface area contributed by atoms with Gasteiger partial charge in [0.15, 0.2) is 0 Å². The maximum Gasteiger partial charge on any atom is 0.287 e. The molecule has 1 aromatic carbocycles. The predicted molar refractivity (Wildman–Crippen MR) is 72.4 cm³/mol. The molecule has 0 unspecified atom stereocenters. The highest BCUT2D eigenvalue weighted by atomic mass is 35.5. The summed E-state index contributed by atoms with van der Waals surface area (Å²) in [6.45, 7) is 0. The molecular formula is C9H10ClN3O4S. The first kappa shape index (κ1) is 14.4. The van der Waals surface area contributed by atoms with Crippen LogP contribution in [0.3, 0.4) is 0 Å². The number of nitrogens with one attached hydrogen (secondary N) is 1. The Morgan fingerprint density at radius 3 is 2.61 bits per heavy atom. The van der Waals surface area contributed by atoms with Gasteiger partial charge < -0.3 is 5.32 Å². The van der Waals surface area contributed by atoms with Crippen molar-refractivity contribution in [3.63, 3.8) is 0 Å². The largest absolute Gasteiger partial charge is 0.315 e. The maximum absolute atomic E-state index is 11.7. The third-order valence-electron chi connectivity index (χ3n) is 2.04. The molecule has 0 spiro atoms. The summed E-state index contributed by atoms with van der Waals surface area (Å²) in [5.74, 6) is 0. The molecule has 0 saturated carbocycles. The monoisotopic (exact) mass is 291 g/mol. The second kappa shape index (κ2) is 5.32. The molecule has 98 valence electrons. The van der Waals surface area contributed by atoms with Crippen LogP contribution in [0.25, 0.3) is 0 Å². The molecule has 0 aliphatic rings. The number of hydrogen-bond donors (Lipinski definition) is 1. The zero-order valence-corrected chi connectivity index (χ0v) is 11.1. The van der Waals surface area contributed by atoms with Gasteiger partial charge in [0.05, 0.1) is 15.6 Å². The van der Waals surface area contributed by atoms with E-state index in [0.29, 0.717) is 0 Å². The molecule has 1 rings (SSSR count). The number of anilines is 1. The van der Waals surface area contributed by atoms with Crippen molar-refractivity contribution < 1.29 is 9.72 Å². The van der Waals surface area contributed by atoms with E-state index in [1.54, 1.807) is 0 Å². The topological polar surface area (TPSA) is 102 Å². The number of nitro groups is 1. The van der Waals surface area contributed by atoms with Gasteiger partial charge in [-0.1, -0.05) is 11.6 Å². The summed E-state index contributed by atoms with van der Waals surface area (Å²) >= 11 is 5.80. The molecule has 0 radical (unpaired) electrons. The first-order valence-corrected chi connectivity index (χ1v) is 7.39. The van der Waals surface area contributed by atoms with E-state index in [9.17, 15) is 19.8 Å². The minimum absolute atomic E-state index is 0.0834. The van der Waals surface area contributed by atoms with Gasteiger partial charge in [0.1, 0.15) is 0 Å². The number of halogens is 1. The number of amides is 1. The smallest absolute Gasteiger partial charge is 0.287 e. The summed E-state index contributed by atoms with van der Waals surface area (Å²) in [5.41, 5.74) is -0.123. The normalized spacial score (nSPS) is 11.7. The van der Waals surface area contributed by atoms with Gasteiger partial charge in [-0.2, -0.15) is 0 Å². The zero-order chi connectivity index (χ0) is 13.9. The van der Waals surface area contributed by atoms with E-state index in [-0.39, 0.29) is 16.4 Å². The minimum atomic E-state index is -2.36. The number of carbonyl (C=O) groups excluding carboxylic acids is 1. The Bertz CT molecular complexity index is 521. The first-order chi connectivity index (χ1) is 8.27. The molecule has 0 saturated heterocycles. The number of nitroso groups, excluding NO2 is 1. The molecule has 9 heteroatoms. The van der Waals surface area contributed by atoms with E-state index >= 15 is 0 Å². The predicted octanol–water partition coefficient (Wildman–Crippen LogP) is 3.53. The Balaban J connectivity index is 3.04. The SMILES string of the molecule is CS(C)(N=O)C(=O)Nc1cc([N+](=O)[O-])ccc1Cl. The molecule has 1 amide bonds. The Morgan fingerprint density at radius 1 is 1.50 bits per heavy atom. The molecule has 0 fully saturated rings. The molecule has 7 nitrogen and oxygen atoms in total. The lowest BCUT2D eigenvalue weighted by molar-refractivity contribution is -0.384. The van der Waals surface area contributed by atoms with Crippen LogP contribution in [0.15, 0.2) is 22.8 Å². The number of carbonyl (C=O) groups is 1. The third kappa shape index (κ3) is 3.17. The number of nitro benzene ring substituents is 1. The van der Waals surface area contributed by atoms with Crippen LogP contribution in [-0.4, -0.2) is 22.7 Å². The molecule has 0 aromatic heterocycles. The van der Waals surface area contributed by atoms with E-state index in [4.69, 9.17) is 11.6 Å². The molecule has 0 heterocycles. The highest BCUT2D eigenvalue weighted by Crippen LogP contribution is 2.43. The fourth-order valence-corrected chi connectivity index (χ4v) is 1.58. The van der Waals surface area contributed by atoms with Crippen molar-refractivity contribution in [1.82, 2.24) is 0 Å². The molecular weight excluding hydrogens is 282 g/mol. The first-order valence-electron chi connectivity index (χ1n) is 4.61. The van der Waals surface area contributed by atoms with Crippen molar-refractivity contribution in [3.8, 4) is 0 Å². The van der Waals surface area contributed by atoms with Gasteiger partial charge in [-0.15, -0.1) is 4.91 Å². The van der Waals surface area contributed by atoms with Crippen molar-refractivity contribution in [3.05, 3.63) is 38.2 Å². The number of nitrogens with zero attached hydrogens (tertiary/aromatic N) is 2. The lowest BCUT2D eigenvalue weighted by Crippen LogP contribution is -2.15. The number of benzene rings is 1. The summed E-state index contributed by atoms with van der Waals surface area (Å²) in [6, 6.07) is 3.64. The van der Waals surface area contributed by atoms with E-state index in [1.165, 1.54) is 24.6 Å². The van der Waals surface area contributed by atoms with Crippen LogP contribution >= 0.6 is 21.8 Å². The van der Waals surface area contributed by atoms with Crippen molar-refractivity contribution in [2.24, 2.45) is 4.58 Å². The van der Waals surface area contributed by atoms with E-state index in [1.807, 2.05) is 0 Å². The van der Waals surface area contributed by atoms with Crippen LogP contribution in [-0.2, 0) is 0 Å². The van der Waals surface area contributed by atoms with Gasteiger partial charge in [0.2, 0.25) is 0 Å². The molecule has 1 aromatic rings. The molecule has 0 atom stereocenters. The Kier molecular flexibility index (Phi) is 4.25. The van der Waals surface area contributed by atoms with Crippen LogP contribution in [0.1, 0.15) is 0 Å². The van der Waals surface area contributed by atoms with Crippen LogP contribution in [0.5, 0.6) is 0 Å². The lowest BCUT2D eigenvalue weighted by atomic mass is 10.3. The van der Waals surface area contributed by atoms with Gasteiger partial charge in [-0.05, 0) is 33.4 Å². The average Bonchev–Trinajstić information content (AvgIpc) is 2.31. The summed E-state index contributed by atoms with van der Waals surface area (Å²) in [7, 11) is -2.36. The van der Waals surface area contributed by atoms with Gasteiger partial charge in [0.25, 0.3) is 10.9 Å². The fourth-order valence-electron chi connectivity index (χ4n) is 0.991. The van der Waals surface area contributed by atoms with Crippen molar-refractivity contribution in [1.29, 1.82) is 0 Å². The second-order valence-electron chi connectivity index (χ2n) is 3.68. The van der Waals surface area contributed by atoms with Gasteiger partial charge in [-0.3, -0.25) is 14.9 Å². The molecule has 1 N–H and O–H groups in total. The highest BCUT2D eigenvalue weighted by Gasteiger charge is 2.24. The molecule has 0 bridgehead atoms. The van der Waals surface area contributed by atoms with E-state index in [2.05, 4.69) is 9.90 Å². The Morgan fingerprint density at radius 2 is 2.11 bits per heavy atom. The van der Waals surface area contributed by atoms with Gasteiger partial charge in [0, 0.05) is 12.1 Å². The summed E-state index contributed by atoms with van der Waals surface area (Å²) in [4.78, 5) is 32.2. The third-order valence-corrected chi connectivity index (χ3v) is 3.75. The van der Waals surface area contributed by atoms with Crippen molar-refractivity contribution in [2.75, 3.05) is 17.8 Å². The highest BCUT2D eigenvalue weighted by molar-refractivity contribution is 8.43. The zero-order valence-electron chi connectivity index (χ0n) is 9.55. The van der Waals surface area contributed by atoms with Crippen LogP contribution in [0.4, 0.5) is 16.2 Å². The fraction of sp³-hybridized carbons (Fsp3) is 0.222. The standard InChI is InChI=1S/C9H10ClN3O4S/c1-18(2,12-15)9(14)11-8-5-6(13(16)17)3-4-7(8)10/h3-5H,1-2H3,(H,11,14). The Labute approximate surface area is 109 Å². The number of rotatable bonds is 3. The van der Waals surface area contributed by atoms with E-state index < -0.39 is 20.4 Å². The molecule has 18 heavy (non-hydrogen) atoms. The molecule has 0 aliphatic heterocycles. The molecule has 0 aliphatic carbocycles. The Hall–Kier alpha value is -1.67. The average molecular weight is 292 g/mol. The van der Waals surface area contributed by atoms with Gasteiger partial charge in [-0.25, -0.2) is 0 Å². The lowest BCUT2D eigenvalue weighted by Gasteiger charge is -2.19. The minimum Gasteiger partial charge on any atom is -0.315 e. The number of hydrogen-bond acceptors (Lipinski definition) is 5. The quantitative estimate of drug-likeness (QED) is 0.523. The number of non-ortho nitro benzene ring substituents is 1. The second-order valence-corrected chi connectivity index (χ2v) is 7.15.